The van der Waals surface area contributed by atoms with Gasteiger partial charge in [-0.25, -0.2) is 19.3 Å². The van der Waals surface area contributed by atoms with Crippen molar-refractivity contribution in [3.05, 3.63) is 0 Å². The van der Waals surface area contributed by atoms with Crippen LogP contribution in [0.5, 0.6) is 0 Å². The van der Waals surface area contributed by atoms with E-state index in [2.05, 4.69) is 15.7 Å². The van der Waals surface area contributed by atoms with Gasteiger partial charge in [-0.2, -0.15) is 0 Å². The van der Waals surface area contributed by atoms with Crippen LogP contribution >= 0.6 is 0 Å². The molecule has 18 heavy (non-hydrogen) atoms. The summed E-state index contributed by atoms with van der Waals surface area (Å²) in [6.45, 7) is 2.49. The van der Waals surface area contributed by atoms with Crippen LogP contribution in [0.1, 0.15) is 19.8 Å². The van der Waals surface area contributed by atoms with Crippen LogP contribution in [0.2, 0.25) is 0 Å². The van der Waals surface area contributed by atoms with E-state index in [0.29, 0.717) is 25.4 Å². The van der Waals surface area contributed by atoms with E-state index in [1.165, 1.54) is 0 Å². The van der Waals surface area contributed by atoms with E-state index in [0.717, 1.165) is 0 Å². The van der Waals surface area contributed by atoms with E-state index >= 15 is 0 Å². The molecule has 0 radical (unpaired) electrons. The van der Waals surface area contributed by atoms with Gasteiger partial charge in [0, 0.05) is 13.2 Å². The van der Waals surface area contributed by atoms with Gasteiger partial charge in [-0.05, 0) is 19.8 Å². The van der Waals surface area contributed by atoms with Crippen molar-refractivity contribution < 1.29 is 13.2 Å². The smallest absolute Gasteiger partial charge is 0.206 e. The third kappa shape index (κ3) is 5.19. The maximum atomic E-state index is 11.3. The molecule has 0 bridgehead atoms. The minimum absolute atomic E-state index is 0.00169. The summed E-state index contributed by atoms with van der Waals surface area (Å²) in [4.78, 5) is 4.39. The molecule has 1 unspecified atom stereocenters. The van der Waals surface area contributed by atoms with Crippen molar-refractivity contribution >= 4 is 15.8 Å². The standard InChI is InChI=1S/C10H22N4O3S/c1-8(7-17-2)12-10(14-11)13-9-3-5-18(15,16)6-4-9/h8-9H,3-7,11H2,1-2H3,(H2,12,13,14). The maximum Gasteiger partial charge on any atom is 0.206 e. The molecule has 1 aliphatic heterocycles. The molecule has 1 rings (SSSR count). The number of aliphatic imine (C=N–C) groups is 1. The van der Waals surface area contributed by atoms with Crippen molar-refractivity contribution in [1.82, 2.24) is 10.7 Å². The fourth-order valence-corrected chi connectivity index (χ4v) is 3.30. The zero-order valence-electron chi connectivity index (χ0n) is 10.8. The second-order valence-electron chi connectivity index (χ2n) is 4.51. The predicted octanol–water partition coefficient (Wildman–Crippen LogP) is -0.993. The Morgan fingerprint density at radius 1 is 1.50 bits per heavy atom. The lowest BCUT2D eigenvalue weighted by molar-refractivity contribution is 0.179. The molecule has 8 heteroatoms. The van der Waals surface area contributed by atoms with Gasteiger partial charge in [0.15, 0.2) is 0 Å². The molecule has 0 saturated carbocycles. The first kappa shape index (κ1) is 15.2. The fraction of sp³-hybridized carbons (Fsp3) is 0.900. The molecule has 1 aliphatic rings. The Labute approximate surface area is 108 Å². The summed E-state index contributed by atoms with van der Waals surface area (Å²) in [5.41, 5.74) is 2.49. The molecule has 7 nitrogen and oxygen atoms in total. The maximum absolute atomic E-state index is 11.3. The van der Waals surface area contributed by atoms with Crippen LogP contribution in [0.15, 0.2) is 4.99 Å². The first-order valence-electron chi connectivity index (χ1n) is 5.97. The second-order valence-corrected chi connectivity index (χ2v) is 6.81. The summed E-state index contributed by atoms with van der Waals surface area (Å²) in [5, 5.41) is 3.08. The lowest BCUT2D eigenvalue weighted by Crippen LogP contribution is -2.47. The Bertz CT molecular complexity index is 369. The van der Waals surface area contributed by atoms with Gasteiger partial charge >= 0.3 is 0 Å². The molecule has 0 amide bonds. The minimum atomic E-state index is -2.85. The van der Waals surface area contributed by atoms with E-state index in [4.69, 9.17) is 10.6 Å². The highest BCUT2D eigenvalue weighted by Crippen LogP contribution is 2.15. The van der Waals surface area contributed by atoms with Gasteiger partial charge in [0.05, 0.1) is 24.2 Å². The Kier molecular flexibility index (Phi) is 5.83. The Morgan fingerprint density at radius 2 is 2.11 bits per heavy atom. The van der Waals surface area contributed by atoms with Crippen molar-refractivity contribution in [1.29, 1.82) is 0 Å². The zero-order valence-corrected chi connectivity index (χ0v) is 11.7. The van der Waals surface area contributed by atoms with Crippen molar-refractivity contribution in [3.63, 3.8) is 0 Å². The number of rotatable bonds is 4. The monoisotopic (exact) mass is 278 g/mol. The molecule has 1 atom stereocenters. The number of guanidine groups is 1. The van der Waals surface area contributed by atoms with Crippen molar-refractivity contribution in [2.45, 2.75) is 31.8 Å². The average molecular weight is 278 g/mol. The van der Waals surface area contributed by atoms with Crippen molar-refractivity contribution in [2.75, 3.05) is 25.2 Å². The molecular formula is C10H22N4O3S. The highest BCUT2D eigenvalue weighted by atomic mass is 32.2. The van der Waals surface area contributed by atoms with Crippen LogP contribution in [-0.4, -0.2) is 51.7 Å². The molecule has 0 aromatic carbocycles. The zero-order chi connectivity index (χ0) is 13.6. The largest absolute Gasteiger partial charge is 0.383 e. The number of hydrogen-bond donors (Lipinski definition) is 3. The first-order chi connectivity index (χ1) is 8.46. The number of hydrazine groups is 1. The van der Waals surface area contributed by atoms with E-state index in [9.17, 15) is 8.42 Å². The summed E-state index contributed by atoms with van der Waals surface area (Å²) in [5.74, 6) is 6.26. The van der Waals surface area contributed by atoms with Gasteiger partial charge in [-0.3, -0.25) is 5.43 Å². The number of nitrogens with zero attached hydrogens (tertiary/aromatic N) is 1. The third-order valence-corrected chi connectivity index (χ3v) is 4.49. The molecule has 0 aliphatic carbocycles. The van der Waals surface area contributed by atoms with Gasteiger partial charge in [0.2, 0.25) is 5.96 Å². The van der Waals surface area contributed by atoms with E-state index in [-0.39, 0.29) is 23.6 Å². The summed E-state index contributed by atoms with van der Waals surface area (Å²) in [7, 11) is -1.23. The van der Waals surface area contributed by atoms with Gasteiger partial charge in [-0.15, -0.1) is 0 Å². The molecule has 1 saturated heterocycles. The number of hydrogen-bond acceptors (Lipinski definition) is 5. The summed E-state index contributed by atoms with van der Waals surface area (Å²) >= 11 is 0. The first-order valence-corrected chi connectivity index (χ1v) is 7.79. The number of ether oxygens (including phenoxy) is 1. The van der Waals surface area contributed by atoms with Crippen LogP contribution in [0.4, 0.5) is 0 Å². The predicted molar refractivity (Wildman–Crippen MR) is 70.9 cm³/mol. The Hall–Kier alpha value is -0.860. The number of sulfone groups is 1. The van der Waals surface area contributed by atoms with Crippen molar-refractivity contribution in [2.24, 2.45) is 10.8 Å². The lowest BCUT2D eigenvalue weighted by atomic mass is 10.2. The van der Waals surface area contributed by atoms with Crippen molar-refractivity contribution in [3.8, 4) is 0 Å². The number of nitrogens with two attached hydrogens (primary N) is 1. The Balaban J connectivity index is 2.52. The summed E-state index contributed by atoms with van der Waals surface area (Å²) in [6, 6.07) is 0.0824. The quantitative estimate of drug-likeness (QED) is 0.264. The SMILES string of the molecule is COCC(C)NC(=NC1CCS(=O)(=O)CC1)NN. The van der Waals surface area contributed by atoms with Crippen LogP contribution < -0.4 is 16.6 Å². The molecule has 1 fully saturated rings. The number of methoxy groups -OCH3 is 1. The topological polar surface area (TPSA) is 106 Å². The highest BCUT2D eigenvalue weighted by molar-refractivity contribution is 7.91. The molecule has 0 aromatic rings. The third-order valence-electron chi connectivity index (χ3n) is 2.77. The van der Waals surface area contributed by atoms with Crippen LogP contribution in [0.25, 0.3) is 0 Å². The van der Waals surface area contributed by atoms with E-state index in [1.54, 1.807) is 7.11 Å². The fourth-order valence-electron chi connectivity index (χ4n) is 1.83. The molecule has 1 heterocycles. The van der Waals surface area contributed by atoms with Crippen LogP contribution in [0.3, 0.4) is 0 Å². The molecule has 106 valence electrons. The average Bonchev–Trinajstić information content (AvgIpc) is 2.31. The van der Waals surface area contributed by atoms with Gasteiger partial charge in [-0.1, -0.05) is 0 Å². The minimum Gasteiger partial charge on any atom is -0.383 e. The second kappa shape index (κ2) is 6.91. The Morgan fingerprint density at radius 3 is 2.61 bits per heavy atom. The van der Waals surface area contributed by atoms with Gasteiger partial charge in [0.1, 0.15) is 9.84 Å². The molecule has 0 aromatic heterocycles. The van der Waals surface area contributed by atoms with Crippen LogP contribution in [0, 0.1) is 0 Å². The number of nitrogens with one attached hydrogen (secondary N) is 2. The normalized spacial score (nSPS) is 22.5. The summed E-state index contributed by atoms with van der Waals surface area (Å²) < 4.78 is 27.6. The van der Waals surface area contributed by atoms with Crippen LogP contribution in [-0.2, 0) is 14.6 Å². The molecule has 0 spiro atoms. The van der Waals surface area contributed by atoms with E-state index < -0.39 is 9.84 Å². The lowest BCUT2D eigenvalue weighted by Gasteiger charge is -2.21. The van der Waals surface area contributed by atoms with E-state index in [1.807, 2.05) is 6.92 Å². The highest BCUT2D eigenvalue weighted by Gasteiger charge is 2.23. The molecular weight excluding hydrogens is 256 g/mol. The summed E-state index contributed by atoms with van der Waals surface area (Å²) in [6.07, 6.45) is 1.10. The van der Waals surface area contributed by atoms with Gasteiger partial charge in [0.25, 0.3) is 0 Å². The van der Waals surface area contributed by atoms with Gasteiger partial charge < -0.3 is 10.1 Å². The molecule has 4 N–H and O–H groups in total.